The molecule has 2 aromatic rings. The standard InChI is InChI=1S/C17H24N4S.HI/c1-3-19-17(20-9-6-15-5-4-8-18-12-15)21-11-14(2)16-7-10-22-13-16;/h4-5,7-8,10,12-14H,3,6,9,11H2,1-2H3,(H2,19,20,21);1H. The first-order valence-electron chi connectivity index (χ1n) is 7.72. The average Bonchev–Trinajstić information content (AvgIpc) is 3.08. The van der Waals surface area contributed by atoms with E-state index in [0.717, 1.165) is 32.0 Å². The van der Waals surface area contributed by atoms with Gasteiger partial charge in [-0.25, -0.2) is 0 Å². The summed E-state index contributed by atoms with van der Waals surface area (Å²) >= 11 is 1.74. The molecule has 0 spiro atoms. The zero-order valence-corrected chi connectivity index (χ0v) is 16.8. The lowest BCUT2D eigenvalue weighted by Gasteiger charge is -2.13. The van der Waals surface area contributed by atoms with Gasteiger partial charge in [-0.2, -0.15) is 11.3 Å². The molecule has 0 aliphatic carbocycles. The van der Waals surface area contributed by atoms with Crippen molar-refractivity contribution >= 4 is 41.3 Å². The van der Waals surface area contributed by atoms with Crippen molar-refractivity contribution in [2.75, 3.05) is 19.6 Å². The summed E-state index contributed by atoms with van der Waals surface area (Å²) in [4.78, 5) is 8.82. The Hall–Kier alpha value is -1.15. The molecule has 6 heteroatoms. The summed E-state index contributed by atoms with van der Waals surface area (Å²) < 4.78 is 0. The van der Waals surface area contributed by atoms with E-state index in [0.29, 0.717) is 5.92 Å². The Morgan fingerprint density at radius 2 is 2.22 bits per heavy atom. The van der Waals surface area contributed by atoms with E-state index in [2.05, 4.69) is 57.4 Å². The lowest BCUT2D eigenvalue weighted by molar-refractivity contribution is 0.747. The molecule has 0 radical (unpaired) electrons. The topological polar surface area (TPSA) is 49.3 Å². The molecule has 2 rings (SSSR count). The van der Waals surface area contributed by atoms with Gasteiger partial charge in [-0.1, -0.05) is 13.0 Å². The Labute approximate surface area is 159 Å². The van der Waals surface area contributed by atoms with Crippen molar-refractivity contribution in [3.63, 3.8) is 0 Å². The van der Waals surface area contributed by atoms with Crippen molar-refractivity contribution < 1.29 is 0 Å². The number of hydrogen-bond acceptors (Lipinski definition) is 3. The minimum Gasteiger partial charge on any atom is -0.357 e. The molecule has 1 unspecified atom stereocenters. The van der Waals surface area contributed by atoms with Crippen LogP contribution in [0.15, 0.2) is 46.3 Å². The van der Waals surface area contributed by atoms with Crippen LogP contribution < -0.4 is 10.6 Å². The molecule has 0 fully saturated rings. The Kier molecular flexibility index (Phi) is 9.86. The van der Waals surface area contributed by atoms with E-state index in [1.807, 2.05) is 12.3 Å². The molecule has 1 atom stereocenters. The van der Waals surface area contributed by atoms with E-state index < -0.39 is 0 Å². The van der Waals surface area contributed by atoms with Crippen molar-refractivity contribution in [3.05, 3.63) is 52.5 Å². The number of nitrogens with one attached hydrogen (secondary N) is 2. The van der Waals surface area contributed by atoms with Gasteiger partial charge in [0.25, 0.3) is 0 Å². The van der Waals surface area contributed by atoms with Crippen LogP contribution in [-0.2, 0) is 6.42 Å². The quantitative estimate of drug-likeness (QED) is 0.389. The molecular formula is C17H25IN4S. The molecule has 23 heavy (non-hydrogen) atoms. The van der Waals surface area contributed by atoms with Crippen molar-refractivity contribution in [1.29, 1.82) is 0 Å². The zero-order valence-electron chi connectivity index (χ0n) is 13.7. The monoisotopic (exact) mass is 444 g/mol. The number of nitrogens with zero attached hydrogens (tertiary/aromatic N) is 2. The van der Waals surface area contributed by atoms with Gasteiger partial charge >= 0.3 is 0 Å². The molecule has 0 aromatic carbocycles. The molecule has 0 saturated carbocycles. The Morgan fingerprint density at radius 1 is 1.35 bits per heavy atom. The van der Waals surface area contributed by atoms with Gasteiger partial charge in [-0.05, 0) is 47.4 Å². The van der Waals surface area contributed by atoms with Gasteiger partial charge in [0.05, 0.1) is 0 Å². The van der Waals surface area contributed by atoms with Gasteiger partial charge in [0, 0.05) is 37.9 Å². The number of guanidine groups is 1. The van der Waals surface area contributed by atoms with Crippen LogP contribution >= 0.6 is 35.3 Å². The van der Waals surface area contributed by atoms with E-state index in [9.17, 15) is 0 Å². The number of thiophene rings is 1. The van der Waals surface area contributed by atoms with Crippen molar-refractivity contribution in [2.45, 2.75) is 26.2 Å². The number of hydrogen-bond donors (Lipinski definition) is 2. The smallest absolute Gasteiger partial charge is 0.191 e. The highest BCUT2D eigenvalue weighted by molar-refractivity contribution is 14.0. The second kappa shape index (κ2) is 11.4. The van der Waals surface area contributed by atoms with Gasteiger partial charge in [0.15, 0.2) is 5.96 Å². The summed E-state index contributed by atoms with van der Waals surface area (Å²) in [5.74, 6) is 1.33. The maximum Gasteiger partial charge on any atom is 0.191 e. The van der Waals surface area contributed by atoms with Gasteiger partial charge in [-0.3, -0.25) is 9.98 Å². The second-order valence-electron chi connectivity index (χ2n) is 5.22. The predicted octanol–water partition coefficient (Wildman–Crippen LogP) is 3.66. The van der Waals surface area contributed by atoms with Crippen LogP contribution in [0.4, 0.5) is 0 Å². The van der Waals surface area contributed by atoms with E-state index in [1.54, 1.807) is 17.5 Å². The van der Waals surface area contributed by atoms with Gasteiger partial charge < -0.3 is 10.6 Å². The van der Waals surface area contributed by atoms with Crippen LogP contribution in [0.25, 0.3) is 0 Å². The minimum atomic E-state index is 0. The highest BCUT2D eigenvalue weighted by atomic mass is 127. The molecule has 4 nitrogen and oxygen atoms in total. The van der Waals surface area contributed by atoms with Crippen LogP contribution in [0.1, 0.15) is 30.9 Å². The van der Waals surface area contributed by atoms with E-state index in [-0.39, 0.29) is 24.0 Å². The Morgan fingerprint density at radius 3 is 2.87 bits per heavy atom. The number of aromatic nitrogens is 1. The summed E-state index contributed by atoms with van der Waals surface area (Å²) in [5.41, 5.74) is 2.59. The number of aliphatic imine (C=N–C) groups is 1. The van der Waals surface area contributed by atoms with Crippen molar-refractivity contribution in [2.24, 2.45) is 4.99 Å². The summed E-state index contributed by atoms with van der Waals surface area (Å²) in [7, 11) is 0. The molecule has 2 N–H and O–H groups in total. The number of rotatable bonds is 7. The molecule has 0 bridgehead atoms. The third kappa shape index (κ3) is 7.30. The lowest BCUT2D eigenvalue weighted by Crippen LogP contribution is -2.38. The first-order valence-corrected chi connectivity index (χ1v) is 8.67. The minimum absolute atomic E-state index is 0. The summed E-state index contributed by atoms with van der Waals surface area (Å²) in [6.45, 7) is 6.81. The van der Waals surface area contributed by atoms with Crippen LogP contribution in [0.2, 0.25) is 0 Å². The maximum atomic E-state index is 4.68. The predicted molar refractivity (Wildman–Crippen MR) is 110 cm³/mol. The second-order valence-corrected chi connectivity index (χ2v) is 6.00. The van der Waals surface area contributed by atoms with E-state index in [4.69, 9.17) is 0 Å². The van der Waals surface area contributed by atoms with Crippen LogP contribution in [-0.4, -0.2) is 30.6 Å². The van der Waals surface area contributed by atoms with Crippen LogP contribution in [0.3, 0.4) is 0 Å². The van der Waals surface area contributed by atoms with Crippen molar-refractivity contribution in [1.82, 2.24) is 15.6 Å². The van der Waals surface area contributed by atoms with E-state index in [1.165, 1.54) is 11.1 Å². The number of pyridine rings is 1. The summed E-state index contributed by atoms with van der Waals surface area (Å²) in [6.07, 6.45) is 4.65. The average molecular weight is 444 g/mol. The largest absolute Gasteiger partial charge is 0.357 e. The first-order chi connectivity index (χ1) is 10.8. The zero-order chi connectivity index (χ0) is 15.6. The van der Waals surface area contributed by atoms with Crippen molar-refractivity contribution in [3.8, 4) is 0 Å². The normalized spacial score (nSPS) is 12.3. The van der Waals surface area contributed by atoms with E-state index >= 15 is 0 Å². The Balaban J connectivity index is 0.00000264. The fraction of sp³-hybridized carbons (Fsp3) is 0.412. The highest BCUT2D eigenvalue weighted by Crippen LogP contribution is 2.18. The van der Waals surface area contributed by atoms with Gasteiger partial charge in [-0.15, -0.1) is 24.0 Å². The van der Waals surface area contributed by atoms with Gasteiger partial charge in [0.1, 0.15) is 0 Å². The van der Waals surface area contributed by atoms with Crippen LogP contribution in [0.5, 0.6) is 0 Å². The fourth-order valence-corrected chi connectivity index (χ4v) is 2.88. The summed E-state index contributed by atoms with van der Waals surface area (Å²) in [6, 6.07) is 6.24. The molecular weight excluding hydrogens is 419 g/mol. The Bertz CT molecular complexity index is 557. The number of halogens is 1. The molecule has 0 aliphatic heterocycles. The maximum absolute atomic E-state index is 4.68. The summed E-state index contributed by atoms with van der Waals surface area (Å²) in [5, 5.41) is 11.0. The van der Waals surface area contributed by atoms with Crippen LogP contribution in [0, 0.1) is 0 Å². The molecule has 2 heterocycles. The molecule has 126 valence electrons. The third-order valence-electron chi connectivity index (χ3n) is 3.41. The SMILES string of the molecule is CCNC(=NCC(C)c1ccsc1)NCCc1cccnc1.I. The fourth-order valence-electron chi connectivity index (χ4n) is 2.10. The highest BCUT2D eigenvalue weighted by Gasteiger charge is 2.05. The first kappa shape index (κ1) is 19.9. The molecule has 2 aromatic heterocycles. The molecule has 0 saturated heterocycles. The van der Waals surface area contributed by atoms with Gasteiger partial charge in [0.2, 0.25) is 0 Å². The third-order valence-corrected chi connectivity index (χ3v) is 4.11. The molecule has 0 amide bonds. The molecule has 0 aliphatic rings. The lowest BCUT2D eigenvalue weighted by atomic mass is 10.1.